The van der Waals surface area contributed by atoms with Gasteiger partial charge in [0.2, 0.25) is 0 Å². The van der Waals surface area contributed by atoms with Crippen LogP contribution in [0.15, 0.2) is 6.20 Å². The summed E-state index contributed by atoms with van der Waals surface area (Å²) in [6.07, 6.45) is -3.12. The Morgan fingerprint density at radius 1 is 1.56 bits per heavy atom. The second kappa shape index (κ2) is 6.23. The lowest BCUT2D eigenvalue weighted by atomic mass is 10.5. The number of amides is 2. The fourth-order valence-corrected chi connectivity index (χ4v) is 1.52. The Kier molecular flexibility index (Phi) is 4.94. The van der Waals surface area contributed by atoms with Gasteiger partial charge in [0.1, 0.15) is 13.2 Å². The van der Waals surface area contributed by atoms with E-state index in [9.17, 15) is 18.0 Å². The number of aliphatic hydroxyl groups excluding tert-OH is 1. The molecule has 0 unspecified atom stereocenters. The van der Waals surface area contributed by atoms with Crippen LogP contribution in [0, 0.1) is 11.8 Å². The molecular weight excluding hydrogens is 271 g/mol. The third-order valence-corrected chi connectivity index (χ3v) is 2.29. The van der Waals surface area contributed by atoms with Crippen molar-refractivity contribution in [3.8, 4) is 11.8 Å². The minimum atomic E-state index is -4.46. The number of urea groups is 1. The second-order valence-corrected chi connectivity index (χ2v) is 3.94. The lowest BCUT2D eigenvalue weighted by Crippen LogP contribution is -2.36. The van der Waals surface area contributed by atoms with E-state index >= 15 is 0 Å². The number of alkyl halides is 3. The van der Waals surface area contributed by atoms with E-state index in [1.807, 2.05) is 0 Å². The standard InChI is InChI=1S/C9H8F3N3O2S/c10-9(11,12)5-14-7(17)15-8-13-4-6(18-8)2-1-3-16/h4,16H,3,5H2,(H2,13,14,15,17). The molecule has 0 radical (unpaired) electrons. The molecule has 0 fully saturated rings. The molecule has 0 saturated heterocycles. The molecule has 0 saturated carbocycles. The van der Waals surface area contributed by atoms with Crippen LogP contribution in [0.1, 0.15) is 4.88 Å². The maximum atomic E-state index is 11.8. The topological polar surface area (TPSA) is 74.2 Å². The number of carbonyl (C=O) groups excluding carboxylic acids is 1. The largest absolute Gasteiger partial charge is 0.405 e. The quantitative estimate of drug-likeness (QED) is 0.711. The van der Waals surface area contributed by atoms with Crippen LogP contribution in [0.4, 0.5) is 23.1 Å². The van der Waals surface area contributed by atoms with Crippen LogP contribution in [0.3, 0.4) is 0 Å². The number of aliphatic hydroxyl groups is 1. The molecule has 1 aromatic rings. The summed E-state index contributed by atoms with van der Waals surface area (Å²) in [5, 5.41) is 12.3. The molecule has 0 atom stereocenters. The first kappa shape index (κ1) is 14.3. The Morgan fingerprint density at radius 2 is 2.28 bits per heavy atom. The van der Waals surface area contributed by atoms with E-state index in [2.05, 4.69) is 22.1 Å². The molecular formula is C9H8F3N3O2S. The number of thiazole rings is 1. The van der Waals surface area contributed by atoms with Gasteiger partial charge in [0.25, 0.3) is 0 Å². The number of rotatable bonds is 2. The fraction of sp³-hybridized carbons (Fsp3) is 0.333. The number of hydrogen-bond acceptors (Lipinski definition) is 4. The Morgan fingerprint density at radius 3 is 2.89 bits per heavy atom. The average molecular weight is 279 g/mol. The fourth-order valence-electron chi connectivity index (χ4n) is 0.838. The first-order chi connectivity index (χ1) is 8.40. The molecule has 98 valence electrons. The minimum Gasteiger partial charge on any atom is -0.384 e. The van der Waals surface area contributed by atoms with Crippen molar-refractivity contribution in [1.82, 2.24) is 10.3 Å². The number of halogens is 3. The lowest BCUT2D eigenvalue weighted by Gasteiger charge is -2.07. The maximum Gasteiger partial charge on any atom is 0.405 e. The van der Waals surface area contributed by atoms with E-state index in [4.69, 9.17) is 5.11 Å². The van der Waals surface area contributed by atoms with E-state index in [-0.39, 0.29) is 11.7 Å². The summed E-state index contributed by atoms with van der Waals surface area (Å²) < 4.78 is 35.4. The van der Waals surface area contributed by atoms with Gasteiger partial charge in [0, 0.05) is 0 Å². The normalized spacial score (nSPS) is 10.4. The van der Waals surface area contributed by atoms with Gasteiger partial charge in [-0.3, -0.25) is 5.32 Å². The zero-order valence-electron chi connectivity index (χ0n) is 8.84. The number of carbonyl (C=O) groups is 1. The maximum absolute atomic E-state index is 11.8. The highest BCUT2D eigenvalue weighted by molar-refractivity contribution is 7.16. The molecule has 0 aliphatic carbocycles. The highest BCUT2D eigenvalue weighted by Gasteiger charge is 2.27. The summed E-state index contributed by atoms with van der Waals surface area (Å²) in [6, 6.07) is -0.997. The number of anilines is 1. The molecule has 0 spiro atoms. The van der Waals surface area contributed by atoms with Crippen LogP contribution >= 0.6 is 11.3 Å². The Labute approximate surface area is 104 Å². The van der Waals surface area contributed by atoms with Gasteiger partial charge < -0.3 is 10.4 Å². The SMILES string of the molecule is O=C(NCC(F)(F)F)Nc1ncc(C#CCO)s1. The van der Waals surface area contributed by atoms with E-state index in [1.165, 1.54) is 6.20 Å². The number of aromatic nitrogens is 1. The van der Waals surface area contributed by atoms with Crippen molar-refractivity contribution in [2.75, 3.05) is 18.5 Å². The van der Waals surface area contributed by atoms with Crippen molar-refractivity contribution < 1.29 is 23.1 Å². The van der Waals surface area contributed by atoms with Gasteiger partial charge in [-0.05, 0) is 0 Å². The van der Waals surface area contributed by atoms with Crippen LogP contribution in [0.5, 0.6) is 0 Å². The summed E-state index contributed by atoms with van der Waals surface area (Å²) in [7, 11) is 0. The number of hydrogen-bond donors (Lipinski definition) is 3. The van der Waals surface area contributed by atoms with E-state index in [0.29, 0.717) is 4.88 Å². The van der Waals surface area contributed by atoms with Crippen LogP contribution < -0.4 is 10.6 Å². The zero-order valence-corrected chi connectivity index (χ0v) is 9.65. The van der Waals surface area contributed by atoms with E-state index < -0.39 is 18.8 Å². The van der Waals surface area contributed by atoms with Crippen molar-refractivity contribution in [1.29, 1.82) is 0 Å². The summed E-state index contributed by atoms with van der Waals surface area (Å²) in [5.41, 5.74) is 0. The third-order valence-electron chi connectivity index (χ3n) is 1.47. The monoisotopic (exact) mass is 279 g/mol. The third kappa shape index (κ3) is 5.51. The van der Waals surface area contributed by atoms with Crippen molar-refractivity contribution >= 4 is 22.5 Å². The summed E-state index contributed by atoms with van der Waals surface area (Å²) in [4.78, 5) is 15.3. The number of nitrogens with one attached hydrogen (secondary N) is 2. The molecule has 2 amide bonds. The predicted octanol–water partition coefficient (Wildman–Crippen LogP) is 1.17. The van der Waals surface area contributed by atoms with Gasteiger partial charge in [-0.2, -0.15) is 13.2 Å². The summed E-state index contributed by atoms with van der Waals surface area (Å²) in [6.45, 7) is -1.73. The molecule has 1 rings (SSSR count). The molecule has 0 bridgehead atoms. The molecule has 18 heavy (non-hydrogen) atoms. The van der Waals surface area contributed by atoms with Crippen molar-refractivity contribution in [2.24, 2.45) is 0 Å². The van der Waals surface area contributed by atoms with Crippen LogP contribution in [-0.4, -0.2) is 35.4 Å². The van der Waals surface area contributed by atoms with Gasteiger partial charge in [0.15, 0.2) is 5.13 Å². The van der Waals surface area contributed by atoms with E-state index in [1.54, 1.807) is 5.32 Å². The van der Waals surface area contributed by atoms with Gasteiger partial charge in [-0.25, -0.2) is 9.78 Å². The molecule has 5 nitrogen and oxygen atoms in total. The van der Waals surface area contributed by atoms with Gasteiger partial charge in [-0.15, -0.1) is 0 Å². The lowest BCUT2D eigenvalue weighted by molar-refractivity contribution is -0.122. The van der Waals surface area contributed by atoms with Crippen LogP contribution in [-0.2, 0) is 0 Å². The molecule has 1 aromatic heterocycles. The predicted molar refractivity (Wildman–Crippen MR) is 59.2 cm³/mol. The first-order valence-corrected chi connectivity index (χ1v) is 5.39. The van der Waals surface area contributed by atoms with Crippen molar-refractivity contribution in [3.63, 3.8) is 0 Å². The molecule has 0 aliphatic heterocycles. The second-order valence-electron chi connectivity index (χ2n) is 2.91. The Bertz CT molecular complexity index is 475. The average Bonchev–Trinajstić information content (AvgIpc) is 2.70. The van der Waals surface area contributed by atoms with Crippen molar-refractivity contribution in [2.45, 2.75) is 6.18 Å². The highest BCUT2D eigenvalue weighted by atomic mass is 32.1. The van der Waals surface area contributed by atoms with E-state index in [0.717, 1.165) is 11.3 Å². The Hall–Kier alpha value is -1.79. The molecule has 3 N–H and O–H groups in total. The highest BCUT2D eigenvalue weighted by Crippen LogP contribution is 2.17. The molecule has 0 aliphatic rings. The van der Waals surface area contributed by atoms with Gasteiger partial charge in [0.05, 0.1) is 11.1 Å². The van der Waals surface area contributed by atoms with Gasteiger partial charge >= 0.3 is 12.2 Å². The zero-order chi connectivity index (χ0) is 13.6. The van der Waals surface area contributed by atoms with Crippen LogP contribution in [0.25, 0.3) is 0 Å². The molecule has 9 heteroatoms. The minimum absolute atomic E-state index is 0.122. The molecule has 0 aromatic carbocycles. The van der Waals surface area contributed by atoms with Crippen molar-refractivity contribution in [3.05, 3.63) is 11.1 Å². The summed E-state index contributed by atoms with van der Waals surface area (Å²) >= 11 is 0.985. The summed E-state index contributed by atoms with van der Waals surface area (Å²) in [5.74, 6) is 4.92. The number of nitrogens with zero attached hydrogens (tertiary/aromatic N) is 1. The molecule has 1 heterocycles. The van der Waals surface area contributed by atoms with Gasteiger partial charge in [-0.1, -0.05) is 23.2 Å². The van der Waals surface area contributed by atoms with Crippen LogP contribution in [0.2, 0.25) is 0 Å². The first-order valence-electron chi connectivity index (χ1n) is 4.58. The Balaban J connectivity index is 2.47. The smallest absolute Gasteiger partial charge is 0.384 e.